The molecule has 2 aromatic carbocycles. The van der Waals surface area contributed by atoms with Gasteiger partial charge in [-0.25, -0.2) is 0 Å². The van der Waals surface area contributed by atoms with Gasteiger partial charge in [-0.3, -0.25) is 19.9 Å². The van der Waals surface area contributed by atoms with E-state index in [1.807, 2.05) is 0 Å². The van der Waals surface area contributed by atoms with Crippen molar-refractivity contribution in [1.29, 1.82) is 0 Å². The summed E-state index contributed by atoms with van der Waals surface area (Å²) in [5.41, 5.74) is 1.94. The summed E-state index contributed by atoms with van der Waals surface area (Å²) < 4.78 is 12.6. The highest BCUT2D eigenvalue weighted by Gasteiger charge is 2.21. The fourth-order valence-electron chi connectivity index (χ4n) is 2.29. The van der Waals surface area contributed by atoms with Crippen LogP contribution in [0.1, 0.15) is 11.1 Å². The summed E-state index contributed by atoms with van der Waals surface area (Å²) in [5.74, 6) is -0.300. The number of nitro benzene ring substituents is 1. The molecule has 0 atom stereocenters. The molecule has 1 aliphatic heterocycles. The van der Waals surface area contributed by atoms with Gasteiger partial charge in [-0.1, -0.05) is 12.1 Å². The molecule has 0 saturated carbocycles. The number of benzodiazepines with no additional fused rings is 1. The van der Waals surface area contributed by atoms with Gasteiger partial charge in [-0.15, -0.1) is 0 Å². The lowest BCUT2D eigenvalue weighted by molar-refractivity contribution is -0.384. The van der Waals surface area contributed by atoms with E-state index in [2.05, 4.69) is 10.3 Å². The number of carbonyl (C=O) groups is 1. The van der Waals surface area contributed by atoms with Crippen LogP contribution in [0.15, 0.2) is 52.4 Å². The van der Waals surface area contributed by atoms with Crippen molar-refractivity contribution in [2.45, 2.75) is 4.90 Å². The maximum Gasteiger partial charge on any atom is 0.270 e. The Labute approximate surface area is 134 Å². The van der Waals surface area contributed by atoms with E-state index in [9.17, 15) is 18.8 Å². The number of amides is 1. The minimum Gasteiger partial charge on any atom is -0.324 e. The van der Waals surface area contributed by atoms with Crippen LogP contribution in [-0.4, -0.2) is 23.1 Å². The molecule has 116 valence electrons. The van der Waals surface area contributed by atoms with Crippen molar-refractivity contribution in [3.8, 4) is 0 Å². The van der Waals surface area contributed by atoms with Crippen molar-refractivity contribution in [3.63, 3.8) is 0 Å². The molecule has 0 bridgehead atoms. The SMILES string of the molecule is O=C1CN=C(c2ccc(SF)cc2)c2cc([N+](=O)[O-])ccc2N1. The highest BCUT2D eigenvalue weighted by Crippen LogP contribution is 2.28. The van der Waals surface area contributed by atoms with E-state index in [1.54, 1.807) is 24.3 Å². The summed E-state index contributed by atoms with van der Waals surface area (Å²) >= 11 is 0.125. The lowest BCUT2D eigenvalue weighted by atomic mass is 10.00. The molecule has 0 saturated heterocycles. The fourth-order valence-corrected chi connectivity index (χ4v) is 2.53. The van der Waals surface area contributed by atoms with Gasteiger partial charge in [-0.2, -0.15) is 3.89 Å². The molecule has 1 amide bonds. The van der Waals surface area contributed by atoms with E-state index in [-0.39, 0.29) is 30.3 Å². The highest BCUT2D eigenvalue weighted by molar-refractivity contribution is 7.94. The number of halogens is 1. The zero-order valence-corrected chi connectivity index (χ0v) is 12.5. The van der Waals surface area contributed by atoms with Crippen LogP contribution < -0.4 is 5.32 Å². The average molecular weight is 331 g/mol. The Hall–Kier alpha value is -2.74. The van der Waals surface area contributed by atoms with E-state index in [0.29, 0.717) is 27.4 Å². The summed E-state index contributed by atoms with van der Waals surface area (Å²) in [7, 11) is 0. The van der Waals surface area contributed by atoms with Crippen LogP contribution in [0.5, 0.6) is 0 Å². The summed E-state index contributed by atoms with van der Waals surface area (Å²) in [6.45, 7) is -0.0859. The van der Waals surface area contributed by atoms with Gasteiger partial charge >= 0.3 is 0 Å². The number of hydrogen-bond acceptors (Lipinski definition) is 5. The maximum atomic E-state index is 12.6. The molecule has 8 heteroatoms. The van der Waals surface area contributed by atoms with E-state index in [4.69, 9.17) is 0 Å². The molecule has 0 spiro atoms. The number of rotatable bonds is 3. The predicted octanol–water partition coefficient (Wildman–Crippen LogP) is 3.36. The third-order valence-corrected chi connectivity index (χ3v) is 3.79. The number of carbonyl (C=O) groups excluding carboxylic acids is 1. The molecule has 0 aliphatic carbocycles. The number of aliphatic imine (C=N–C) groups is 1. The van der Waals surface area contributed by atoms with Crippen molar-refractivity contribution < 1.29 is 13.6 Å². The molecular weight excluding hydrogens is 321 g/mol. The normalized spacial score (nSPS) is 13.6. The van der Waals surface area contributed by atoms with Crippen LogP contribution in [0.25, 0.3) is 0 Å². The van der Waals surface area contributed by atoms with Crippen LogP contribution in [0.3, 0.4) is 0 Å². The highest BCUT2D eigenvalue weighted by atomic mass is 32.2. The average Bonchev–Trinajstić information content (AvgIpc) is 2.72. The number of hydrogen-bond donors (Lipinski definition) is 1. The zero-order chi connectivity index (χ0) is 16.4. The fraction of sp³-hybridized carbons (Fsp3) is 0.0667. The Balaban J connectivity index is 2.14. The molecule has 0 radical (unpaired) electrons. The van der Waals surface area contributed by atoms with Crippen molar-refractivity contribution in [3.05, 3.63) is 63.7 Å². The minimum absolute atomic E-state index is 0.0859. The lowest BCUT2D eigenvalue weighted by Crippen LogP contribution is -2.13. The van der Waals surface area contributed by atoms with Crippen LogP contribution in [0.2, 0.25) is 0 Å². The van der Waals surface area contributed by atoms with Gasteiger partial charge in [0.05, 0.1) is 28.5 Å². The first-order chi connectivity index (χ1) is 11.1. The second kappa shape index (κ2) is 6.17. The number of nitro groups is 1. The minimum atomic E-state index is -0.506. The third-order valence-electron chi connectivity index (χ3n) is 3.34. The molecule has 23 heavy (non-hydrogen) atoms. The van der Waals surface area contributed by atoms with Crippen molar-refractivity contribution in [2.24, 2.45) is 4.99 Å². The first kappa shape index (κ1) is 15.2. The molecule has 1 heterocycles. The molecule has 2 aromatic rings. The van der Waals surface area contributed by atoms with E-state index in [0.717, 1.165) is 0 Å². The van der Waals surface area contributed by atoms with E-state index >= 15 is 0 Å². The van der Waals surface area contributed by atoms with Crippen molar-refractivity contribution in [1.82, 2.24) is 0 Å². The number of fused-ring (bicyclic) bond motifs is 1. The van der Waals surface area contributed by atoms with Gasteiger partial charge in [0.25, 0.3) is 5.69 Å². The molecule has 3 rings (SSSR count). The van der Waals surface area contributed by atoms with Gasteiger partial charge in [0.15, 0.2) is 0 Å². The second-order valence-corrected chi connectivity index (χ2v) is 5.43. The Morgan fingerprint density at radius 3 is 2.61 bits per heavy atom. The molecule has 0 unspecified atom stereocenters. The number of nitrogens with one attached hydrogen (secondary N) is 1. The maximum absolute atomic E-state index is 12.6. The zero-order valence-electron chi connectivity index (χ0n) is 11.7. The van der Waals surface area contributed by atoms with Crippen LogP contribution in [-0.2, 0) is 4.79 Å². The second-order valence-electron chi connectivity index (χ2n) is 4.80. The Bertz CT molecular complexity index is 821. The van der Waals surface area contributed by atoms with Gasteiger partial charge in [-0.05, 0) is 18.2 Å². The molecule has 1 N–H and O–H groups in total. The summed E-state index contributed by atoms with van der Waals surface area (Å²) in [6.07, 6.45) is 0. The topological polar surface area (TPSA) is 84.6 Å². The van der Waals surface area contributed by atoms with Gasteiger partial charge in [0.2, 0.25) is 5.91 Å². The standard InChI is InChI=1S/C15H10FN3O3S/c16-23-11-4-1-9(2-5-11)15-12-7-10(19(21)22)3-6-13(12)18-14(20)8-17-15/h1-7H,8H2,(H,18,20). The molecule has 1 aliphatic rings. The smallest absolute Gasteiger partial charge is 0.270 e. The van der Waals surface area contributed by atoms with Crippen LogP contribution >= 0.6 is 12.1 Å². The Morgan fingerprint density at radius 2 is 1.96 bits per heavy atom. The third kappa shape index (κ3) is 3.07. The molecule has 0 fully saturated rings. The Kier molecular flexibility index (Phi) is 4.07. The van der Waals surface area contributed by atoms with Crippen LogP contribution in [0, 0.1) is 10.1 Å². The Morgan fingerprint density at radius 1 is 1.22 bits per heavy atom. The molecule has 0 aromatic heterocycles. The number of nitrogens with zero attached hydrogens (tertiary/aromatic N) is 2. The van der Waals surface area contributed by atoms with E-state index in [1.165, 1.54) is 18.2 Å². The van der Waals surface area contributed by atoms with Crippen LogP contribution in [0.4, 0.5) is 15.3 Å². The number of non-ortho nitro benzene ring substituents is 1. The molecular formula is C15H10FN3O3S. The monoisotopic (exact) mass is 331 g/mol. The summed E-state index contributed by atoms with van der Waals surface area (Å²) in [4.78, 5) is 26.9. The predicted molar refractivity (Wildman–Crippen MR) is 85.6 cm³/mol. The summed E-state index contributed by atoms with van der Waals surface area (Å²) in [6, 6.07) is 10.7. The quantitative estimate of drug-likeness (QED) is 0.690. The first-order valence-electron chi connectivity index (χ1n) is 6.60. The largest absolute Gasteiger partial charge is 0.324 e. The molecule has 6 nitrogen and oxygen atoms in total. The van der Waals surface area contributed by atoms with Gasteiger partial charge in [0.1, 0.15) is 6.54 Å². The number of anilines is 1. The van der Waals surface area contributed by atoms with Gasteiger partial charge in [0, 0.05) is 28.2 Å². The summed E-state index contributed by atoms with van der Waals surface area (Å²) in [5, 5.41) is 13.7. The van der Waals surface area contributed by atoms with Crippen molar-refractivity contribution in [2.75, 3.05) is 11.9 Å². The number of benzene rings is 2. The lowest BCUT2D eigenvalue weighted by Gasteiger charge is -2.10. The van der Waals surface area contributed by atoms with E-state index < -0.39 is 4.92 Å². The van der Waals surface area contributed by atoms with Crippen molar-refractivity contribution >= 4 is 35.1 Å². The first-order valence-corrected chi connectivity index (χ1v) is 7.32. The van der Waals surface area contributed by atoms with Gasteiger partial charge < -0.3 is 5.32 Å².